The van der Waals surface area contributed by atoms with E-state index in [0.29, 0.717) is 30.6 Å². The Kier molecular flexibility index (Phi) is 3.62. The SMILES string of the molecule is Cc1cc(C(=O)N2CCCC23CCCNC3=O)nn1C(F)F. The summed E-state index contributed by atoms with van der Waals surface area (Å²) in [6, 6.07) is 1.35. The van der Waals surface area contributed by atoms with E-state index in [1.165, 1.54) is 17.9 Å². The number of amides is 2. The first-order valence-corrected chi connectivity index (χ1v) is 7.40. The molecule has 22 heavy (non-hydrogen) atoms. The summed E-state index contributed by atoms with van der Waals surface area (Å²) < 4.78 is 26.1. The van der Waals surface area contributed by atoms with Crippen LogP contribution in [0, 0.1) is 6.92 Å². The maximum atomic E-state index is 12.8. The minimum absolute atomic E-state index is 0.0301. The number of carbonyl (C=O) groups is 2. The van der Waals surface area contributed by atoms with Crippen molar-refractivity contribution in [1.82, 2.24) is 20.0 Å². The van der Waals surface area contributed by atoms with Gasteiger partial charge in [0.1, 0.15) is 5.54 Å². The molecule has 0 saturated carbocycles. The van der Waals surface area contributed by atoms with Crippen LogP contribution in [0.1, 0.15) is 48.4 Å². The molecule has 1 spiro atoms. The summed E-state index contributed by atoms with van der Waals surface area (Å²) in [4.78, 5) is 26.5. The molecule has 8 heteroatoms. The number of alkyl halides is 2. The lowest BCUT2D eigenvalue weighted by atomic mass is 9.86. The summed E-state index contributed by atoms with van der Waals surface area (Å²) in [6.07, 6.45) is 2.76. The standard InChI is InChI=1S/C14H18F2N4O2/c1-9-8-10(18-20(9)13(15)16)11(21)19-7-3-5-14(19)4-2-6-17-12(14)22/h8,13H,2-7H2,1H3,(H,17,22). The predicted octanol–water partition coefficient (Wildman–Crippen LogP) is 1.47. The number of aromatic nitrogens is 2. The molecule has 0 aromatic carbocycles. The highest BCUT2D eigenvalue weighted by Gasteiger charge is 2.50. The third kappa shape index (κ3) is 2.17. The molecule has 0 aliphatic carbocycles. The zero-order valence-corrected chi connectivity index (χ0v) is 12.3. The molecule has 0 bridgehead atoms. The van der Waals surface area contributed by atoms with Crippen molar-refractivity contribution in [3.63, 3.8) is 0 Å². The number of nitrogens with one attached hydrogen (secondary N) is 1. The van der Waals surface area contributed by atoms with Crippen molar-refractivity contribution in [1.29, 1.82) is 0 Å². The van der Waals surface area contributed by atoms with Crippen LogP contribution < -0.4 is 5.32 Å². The van der Waals surface area contributed by atoms with Gasteiger partial charge in [0.25, 0.3) is 5.91 Å². The molecular formula is C14H18F2N4O2. The molecule has 1 aromatic rings. The van der Waals surface area contributed by atoms with E-state index in [1.807, 2.05) is 0 Å². The number of halogens is 2. The van der Waals surface area contributed by atoms with E-state index in [-0.39, 0.29) is 17.3 Å². The minimum Gasteiger partial charge on any atom is -0.354 e. The van der Waals surface area contributed by atoms with Crippen LogP contribution in [0.4, 0.5) is 8.78 Å². The molecule has 6 nitrogen and oxygen atoms in total. The second-order valence-corrected chi connectivity index (χ2v) is 5.84. The Bertz CT molecular complexity index is 616. The third-order valence-electron chi connectivity index (χ3n) is 4.54. The smallest absolute Gasteiger partial charge is 0.333 e. The molecule has 2 saturated heterocycles. The number of carbonyl (C=O) groups excluding carboxylic acids is 2. The number of likely N-dealkylation sites (tertiary alicyclic amines) is 1. The van der Waals surface area contributed by atoms with Gasteiger partial charge < -0.3 is 10.2 Å². The zero-order valence-electron chi connectivity index (χ0n) is 12.3. The number of hydrogen-bond donors (Lipinski definition) is 1. The Balaban J connectivity index is 1.91. The lowest BCUT2D eigenvalue weighted by Gasteiger charge is -2.39. The molecule has 1 atom stereocenters. The van der Waals surface area contributed by atoms with Crippen LogP contribution in [-0.4, -0.2) is 45.1 Å². The first kappa shape index (κ1) is 14.9. The molecule has 2 amide bonds. The quantitative estimate of drug-likeness (QED) is 0.899. The van der Waals surface area contributed by atoms with Crippen molar-refractivity contribution in [2.45, 2.75) is 44.7 Å². The molecule has 1 aromatic heterocycles. The Morgan fingerprint density at radius 2 is 2.14 bits per heavy atom. The van der Waals surface area contributed by atoms with Crippen molar-refractivity contribution < 1.29 is 18.4 Å². The fourth-order valence-corrected chi connectivity index (χ4v) is 3.46. The van der Waals surface area contributed by atoms with Crippen LogP contribution in [0.5, 0.6) is 0 Å². The molecule has 2 aliphatic heterocycles. The van der Waals surface area contributed by atoms with Gasteiger partial charge in [-0.3, -0.25) is 9.59 Å². The average molecular weight is 312 g/mol. The maximum Gasteiger partial charge on any atom is 0.333 e. The summed E-state index contributed by atoms with van der Waals surface area (Å²) >= 11 is 0. The highest BCUT2D eigenvalue weighted by molar-refractivity contribution is 5.99. The topological polar surface area (TPSA) is 67.2 Å². The maximum absolute atomic E-state index is 12.8. The van der Waals surface area contributed by atoms with E-state index < -0.39 is 18.0 Å². The van der Waals surface area contributed by atoms with Gasteiger partial charge in [0, 0.05) is 18.8 Å². The highest BCUT2D eigenvalue weighted by atomic mass is 19.3. The van der Waals surface area contributed by atoms with Gasteiger partial charge in [-0.05, 0) is 38.7 Å². The molecule has 3 heterocycles. The van der Waals surface area contributed by atoms with Gasteiger partial charge in [-0.2, -0.15) is 13.9 Å². The van der Waals surface area contributed by atoms with Crippen molar-refractivity contribution in [2.24, 2.45) is 0 Å². The monoisotopic (exact) mass is 312 g/mol. The van der Waals surface area contributed by atoms with E-state index in [0.717, 1.165) is 12.8 Å². The van der Waals surface area contributed by atoms with Gasteiger partial charge in [-0.25, -0.2) is 4.68 Å². The van der Waals surface area contributed by atoms with Crippen LogP contribution in [0.15, 0.2) is 6.07 Å². The van der Waals surface area contributed by atoms with Gasteiger partial charge in [0.05, 0.1) is 0 Å². The van der Waals surface area contributed by atoms with Gasteiger partial charge in [0.2, 0.25) is 5.91 Å². The van der Waals surface area contributed by atoms with Crippen LogP contribution >= 0.6 is 0 Å². The van der Waals surface area contributed by atoms with Crippen LogP contribution in [-0.2, 0) is 4.79 Å². The first-order valence-electron chi connectivity index (χ1n) is 7.40. The van der Waals surface area contributed by atoms with Crippen LogP contribution in [0.3, 0.4) is 0 Å². The minimum atomic E-state index is -2.79. The van der Waals surface area contributed by atoms with Crippen molar-refractivity contribution >= 4 is 11.8 Å². The molecule has 120 valence electrons. The van der Waals surface area contributed by atoms with E-state index in [1.54, 1.807) is 0 Å². The Morgan fingerprint density at radius 1 is 1.41 bits per heavy atom. The summed E-state index contributed by atoms with van der Waals surface area (Å²) in [7, 11) is 0. The second-order valence-electron chi connectivity index (χ2n) is 5.84. The molecule has 1 N–H and O–H groups in total. The fraction of sp³-hybridized carbons (Fsp3) is 0.643. The Labute approximate surface area is 126 Å². The number of aryl methyl sites for hydroxylation is 1. The molecular weight excluding hydrogens is 294 g/mol. The lowest BCUT2D eigenvalue weighted by Crippen LogP contribution is -2.60. The number of piperidine rings is 1. The largest absolute Gasteiger partial charge is 0.354 e. The summed E-state index contributed by atoms with van der Waals surface area (Å²) in [5.41, 5.74) is -0.644. The van der Waals surface area contributed by atoms with Crippen molar-refractivity contribution in [3.05, 3.63) is 17.5 Å². The number of nitrogens with zero attached hydrogens (tertiary/aromatic N) is 3. The summed E-state index contributed by atoms with van der Waals surface area (Å²) in [6.45, 7) is -0.246. The summed E-state index contributed by atoms with van der Waals surface area (Å²) in [5, 5.41) is 6.51. The fourth-order valence-electron chi connectivity index (χ4n) is 3.46. The Morgan fingerprint density at radius 3 is 2.77 bits per heavy atom. The molecule has 3 rings (SSSR count). The van der Waals surface area contributed by atoms with Gasteiger partial charge in [0.15, 0.2) is 5.69 Å². The molecule has 2 fully saturated rings. The molecule has 2 aliphatic rings. The molecule has 1 unspecified atom stereocenters. The van der Waals surface area contributed by atoms with Crippen LogP contribution in [0.2, 0.25) is 0 Å². The molecule has 0 radical (unpaired) electrons. The van der Waals surface area contributed by atoms with E-state index in [2.05, 4.69) is 10.4 Å². The van der Waals surface area contributed by atoms with Crippen molar-refractivity contribution in [3.8, 4) is 0 Å². The normalized spacial score (nSPS) is 25.1. The highest BCUT2D eigenvalue weighted by Crippen LogP contribution is 2.36. The zero-order chi connectivity index (χ0) is 15.9. The predicted molar refractivity (Wildman–Crippen MR) is 73.5 cm³/mol. The second kappa shape index (κ2) is 5.33. The third-order valence-corrected chi connectivity index (χ3v) is 4.54. The van der Waals surface area contributed by atoms with Gasteiger partial charge >= 0.3 is 6.55 Å². The Hall–Kier alpha value is -1.99. The van der Waals surface area contributed by atoms with Gasteiger partial charge in [-0.15, -0.1) is 0 Å². The van der Waals surface area contributed by atoms with E-state index in [4.69, 9.17) is 0 Å². The average Bonchev–Trinajstić information content (AvgIpc) is 3.06. The van der Waals surface area contributed by atoms with E-state index >= 15 is 0 Å². The van der Waals surface area contributed by atoms with Gasteiger partial charge in [-0.1, -0.05) is 0 Å². The number of rotatable bonds is 2. The first-order chi connectivity index (χ1) is 10.5. The summed E-state index contributed by atoms with van der Waals surface area (Å²) in [5.74, 6) is -0.591. The number of hydrogen-bond acceptors (Lipinski definition) is 3. The van der Waals surface area contributed by atoms with E-state index in [9.17, 15) is 18.4 Å². The van der Waals surface area contributed by atoms with Crippen molar-refractivity contribution in [2.75, 3.05) is 13.1 Å². The lowest BCUT2D eigenvalue weighted by molar-refractivity contribution is -0.133. The van der Waals surface area contributed by atoms with Crippen LogP contribution in [0.25, 0.3) is 0 Å².